The van der Waals surface area contributed by atoms with Gasteiger partial charge in [-0.1, -0.05) is 58.9 Å². The van der Waals surface area contributed by atoms with Gasteiger partial charge in [0.2, 0.25) is 0 Å². The third-order valence-electron chi connectivity index (χ3n) is 3.83. The summed E-state index contributed by atoms with van der Waals surface area (Å²) in [5.74, 6) is 0.503. The summed E-state index contributed by atoms with van der Waals surface area (Å²) >= 11 is 0. The van der Waals surface area contributed by atoms with Crippen molar-refractivity contribution in [3.05, 3.63) is 35.4 Å². The van der Waals surface area contributed by atoms with Crippen LogP contribution in [0.5, 0.6) is 0 Å². The van der Waals surface area contributed by atoms with Gasteiger partial charge in [0.15, 0.2) is 0 Å². The van der Waals surface area contributed by atoms with E-state index in [9.17, 15) is 5.11 Å². The zero-order chi connectivity index (χ0) is 13.1. The van der Waals surface area contributed by atoms with Crippen LogP contribution in [0.15, 0.2) is 24.3 Å². The van der Waals surface area contributed by atoms with Gasteiger partial charge in [-0.2, -0.15) is 0 Å². The fraction of sp³-hybridized carbons (Fsp3) is 0.625. The number of aryl methyl sites for hydroxylation is 1. The van der Waals surface area contributed by atoms with E-state index in [-0.39, 0.29) is 11.5 Å². The molecule has 1 aromatic rings. The molecule has 1 N–H and O–H groups in total. The molecule has 0 saturated carbocycles. The maximum Gasteiger partial charge on any atom is 0.0792 e. The first-order valence-electron chi connectivity index (χ1n) is 6.61. The molecule has 0 bridgehead atoms. The molecule has 1 aromatic carbocycles. The van der Waals surface area contributed by atoms with Crippen molar-refractivity contribution >= 4 is 0 Å². The Hall–Kier alpha value is -0.820. The highest BCUT2D eigenvalue weighted by Gasteiger charge is 2.23. The molecule has 1 nitrogen and oxygen atoms in total. The molecule has 0 spiro atoms. The molecule has 17 heavy (non-hydrogen) atoms. The Kier molecular flexibility index (Phi) is 4.76. The van der Waals surface area contributed by atoms with Crippen molar-refractivity contribution in [2.45, 2.75) is 53.6 Å². The Balaban J connectivity index is 2.66. The first kappa shape index (κ1) is 14.2. The fourth-order valence-electron chi connectivity index (χ4n) is 1.80. The van der Waals surface area contributed by atoms with E-state index < -0.39 is 0 Å². The second kappa shape index (κ2) is 5.68. The van der Waals surface area contributed by atoms with Crippen molar-refractivity contribution in [2.24, 2.45) is 11.3 Å². The third kappa shape index (κ3) is 4.16. The minimum Gasteiger partial charge on any atom is -0.388 e. The zero-order valence-corrected chi connectivity index (χ0v) is 11.8. The minimum atomic E-state index is -0.338. The molecule has 0 radical (unpaired) electrons. The Morgan fingerprint density at radius 1 is 1.12 bits per heavy atom. The molecule has 0 aromatic heterocycles. The van der Waals surface area contributed by atoms with Crippen LogP contribution in [0, 0.1) is 11.3 Å². The van der Waals surface area contributed by atoms with Crippen LogP contribution in [-0.4, -0.2) is 5.11 Å². The number of hydrogen-bond donors (Lipinski definition) is 1. The molecule has 1 rings (SSSR count). The third-order valence-corrected chi connectivity index (χ3v) is 3.83. The lowest BCUT2D eigenvalue weighted by Gasteiger charge is -2.29. The van der Waals surface area contributed by atoms with Crippen molar-refractivity contribution in [1.82, 2.24) is 0 Å². The predicted molar refractivity (Wildman–Crippen MR) is 74.0 cm³/mol. The second-order valence-electron chi connectivity index (χ2n) is 6.11. The van der Waals surface area contributed by atoms with Crippen LogP contribution in [0.4, 0.5) is 0 Å². The summed E-state index contributed by atoms with van der Waals surface area (Å²) in [4.78, 5) is 0. The summed E-state index contributed by atoms with van der Waals surface area (Å²) in [7, 11) is 0. The van der Waals surface area contributed by atoms with Crippen LogP contribution in [0.3, 0.4) is 0 Å². The first-order chi connectivity index (χ1) is 7.84. The summed E-state index contributed by atoms with van der Waals surface area (Å²) in [6.07, 6.45) is 1.54. The Morgan fingerprint density at radius 2 is 1.65 bits per heavy atom. The average Bonchev–Trinajstić information content (AvgIpc) is 2.27. The molecule has 2 unspecified atom stereocenters. The van der Waals surface area contributed by atoms with Crippen LogP contribution in [0.2, 0.25) is 0 Å². The van der Waals surface area contributed by atoms with E-state index in [0.29, 0.717) is 5.92 Å². The normalized spacial score (nSPS) is 15.6. The van der Waals surface area contributed by atoms with E-state index in [4.69, 9.17) is 0 Å². The number of rotatable bonds is 4. The van der Waals surface area contributed by atoms with Gasteiger partial charge in [0.1, 0.15) is 0 Å². The lowest BCUT2D eigenvalue weighted by molar-refractivity contribution is 0.111. The van der Waals surface area contributed by atoms with E-state index in [2.05, 4.69) is 58.9 Å². The predicted octanol–water partition coefficient (Wildman–Crippen LogP) is 4.35. The van der Waals surface area contributed by atoms with Gasteiger partial charge in [-0.25, -0.2) is 0 Å². The fourth-order valence-corrected chi connectivity index (χ4v) is 1.80. The number of aliphatic hydroxyl groups excluding tert-OH is 1. The van der Waals surface area contributed by atoms with Gasteiger partial charge >= 0.3 is 0 Å². The van der Waals surface area contributed by atoms with Crippen LogP contribution in [-0.2, 0) is 6.42 Å². The molecule has 0 aliphatic heterocycles. The molecule has 0 saturated heterocycles. The highest BCUT2D eigenvalue weighted by molar-refractivity contribution is 5.24. The standard InChI is InChI=1S/C16H26O/c1-6-13-7-9-14(10-8-13)15(17)11-12(2)16(3,4)5/h7-10,12,15,17H,6,11H2,1-5H3. The average molecular weight is 234 g/mol. The molecular formula is C16H26O. The van der Waals surface area contributed by atoms with Gasteiger partial charge < -0.3 is 5.11 Å². The molecule has 0 heterocycles. The van der Waals surface area contributed by atoms with Crippen LogP contribution in [0.25, 0.3) is 0 Å². The number of aliphatic hydroxyl groups is 1. The Bertz CT molecular complexity index is 332. The van der Waals surface area contributed by atoms with Crippen molar-refractivity contribution in [2.75, 3.05) is 0 Å². The molecular weight excluding hydrogens is 208 g/mol. The highest BCUT2D eigenvalue weighted by Crippen LogP contribution is 2.33. The summed E-state index contributed by atoms with van der Waals surface area (Å²) in [5.41, 5.74) is 2.62. The molecule has 96 valence electrons. The highest BCUT2D eigenvalue weighted by atomic mass is 16.3. The van der Waals surface area contributed by atoms with Crippen LogP contribution >= 0.6 is 0 Å². The molecule has 1 heteroatoms. The lowest BCUT2D eigenvalue weighted by Crippen LogP contribution is -2.19. The first-order valence-corrected chi connectivity index (χ1v) is 6.61. The van der Waals surface area contributed by atoms with E-state index in [1.807, 2.05) is 0 Å². The largest absolute Gasteiger partial charge is 0.388 e. The van der Waals surface area contributed by atoms with Gasteiger partial charge in [-0.05, 0) is 35.3 Å². The number of hydrogen-bond acceptors (Lipinski definition) is 1. The minimum absolute atomic E-state index is 0.254. The summed E-state index contributed by atoms with van der Waals surface area (Å²) in [6.45, 7) is 11.0. The van der Waals surface area contributed by atoms with Crippen molar-refractivity contribution in [3.8, 4) is 0 Å². The molecule has 0 aliphatic carbocycles. The van der Waals surface area contributed by atoms with E-state index in [0.717, 1.165) is 18.4 Å². The van der Waals surface area contributed by atoms with Gasteiger partial charge in [0, 0.05) is 0 Å². The second-order valence-corrected chi connectivity index (χ2v) is 6.11. The summed E-state index contributed by atoms with van der Waals surface area (Å²) in [6, 6.07) is 8.33. The van der Waals surface area contributed by atoms with Gasteiger partial charge in [-0.3, -0.25) is 0 Å². The molecule has 0 amide bonds. The number of benzene rings is 1. The maximum atomic E-state index is 10.2. The van der Waals surface area contributed by atoms with Crippen LogP contribution in [0.1, 0.15) is 58.3 Å². The lowest BCUT2D eigenvalue weighted by atomic mass is 9.78. The Morgan fingerprint density at radius 3 is 2.06 bits per heavy atom. The monoisotopic (exact) mass is 234 g/mol. The van der Waals surface area contributed by atoms with Gasteiger partial charge in [0.05, 0.1) is 6.10 Å². The van der Waals surface area contributed by atoms with Gasteiger partial charge in [0.25, 0.3) is 0 Å². The molecule has 0 aliphatic rings. The quantitative estimate of drug-likeness (QED) is 0.821. The van der Waals surface area contributed by atoms with Crippen LogP contribution < -0.4 is 0 Å². The smallest absolute Gasteiger partial charge is 0.0792 e. The molecule has 2 atom stereocenters. The van der Waals surface area contributed by atoms with Gasteiger partial charge in [-0.15, -0.1) is 0 Å². The van der Waals surface area contributed by atoms with Crippen molar-refractivity contribution in [1.29, 1.82) is 0 Å². The van der Waals surface area contributed by atoms with Crippen molar-refractivity contribution in [3.63, 3.8) is 0 Å². The summed E-state index contributed by atoms with van der Waals surface area (Å²) in [5, 5.41) is 10.2. The van der Waals surface area contributed by atoms with Crippen molar-refractivity contribution < 1.29 is 5.11 Å². The molecule has 0 fully saturated rings. The Labute approximate surface area is 106 Å². The maximum absolute atomic E-state index is 10.2. The SMILES string of the molecule is CCc1ccc(C(O)CC(C)C(C)(C)C)cc1. The topological polar surface area (TPSA) is 20.2 Å². The zero-order valence-electron chi connectivity index (χ0n) is 11.8. The van der Waals surface area contributed by atoms with E-state index >= 15 is 0 Å². The van der Waals surface area contributed by atoms with E-state index in [1.165, 1.54) is 5.56 Å². The van der Waals surface area contributed by atoms with E-state index in [1.54, 1.807) is 0 Å². The summed E-state index contributed by atoms with van der Waals surface area (Å²) < 4.78 is 0.